The Labute approximate surface area is 251 Å². The molecule has 0 spiro atoms. The molecule has 4 rings (SSSR count). The number of alkyl halides is 3. The number of hydrogen-bond acceptors (Lipinski definition) is 6. The molecule has 0 unspecified atom stereocenters. The second kappa shape index (κ2) is 13.3. The fraction of sp³-hybridized carbons (Fsp3) is 0.0714. The summed E-state index contributed by atoms with van der Waals surface area (Å²) < 4.78 is 44.9. The van der Waals surface area contributed by atoms with Crippen LogP contribution in [0.5, 0.6) is 17.2 Å². The third-order valence-electron chi connectivity index (χ3n) is 5.53. The van der Waals surface area contributed by atoms with Crippen LogP contribution in [0.25, 0.3) is 0 Å². The average Bonchev–Trinajstić information content (AvgIpc) is 2.95. The number of rotatable bonds is 7. The molecular weight excluding hydrogens is 614 g/mol. The molecule has 0 radical (unpaired) electrons. The predicted molar refractivity (Wildman–Crippen MR) is 152 cm³/mol. The SMILES string of the molecule is O=C(Cc1ccc(O)c(Cl)c1)NNC(=O)c1cc(Oc2ccc(NC(=O)Nc3ccc(Cl)c(C(F)(F)F)c3)cc2)ccn1. The van der Waals surface area contributed by atoms with E-state index in [0.29, 0.717) is 17.0 Å². The fourth-order valence-electron chi connectivity index (χ4n) is 3.54. The molecule has 15 heteroatoms. The number of urea groups is 1. The van der Waals surface area contributed by atoms with Crippen LogP contribution in [-0.4, -0.2) is 27.9 Å². The molecule has 3 aromatic carbocycles. The lowest BCUT2D eigenvalue weighted by molar-refractivity contribution is -0.137. The highest BCUT2D eigenvalue weighted by atomic mass is 35.5. The van der Waals surface area contributed by atoms with Crippen molar-refractivity contribution >= 4 is 52.4 Å². The molecule has 0 aliphatic carbocycles. The number of anilines is 2. The first-order valence-electron chi connectivity index (χ1n) is 12.1. The number of hydrazine groups is 1. The first kappa shape index (κ1) is 30.9. The summed E-state index contributed by atoms with van der Waals surface area (Å²) in [6.45, 7) is 0. The van der Waals surface area contributed by atoms with Gasteiger partial charge in [0.1, 0.15) is 22.9 Å². The molecule has 0 aliphatic rings. The lowest BCUT2D eigenvalue weighted by atomic mass is 10.1. The van der Waals surface area contributed by atoms with Crippen LogP contribution in [0.4, 0.5) is 29.3 Å². The van der Waals surface area contributed by atoms with Crippen molar-refractivity contribution in [2.24, 2.45) is 0 Å². The van der Waals surface area contributed by atoms with Gasteiger partial charge in [0.15, 0.2) is 0 Å². The zero-order valence-electron chi connectivity index (χ0n) is 21.6. The Morgan fingerprint density at radius 2 is 1.51 bits per heavy atom. The summed E-state index contributed by atoms with van der Waals surface area (Å²) in [7, 11) is 0. The van der Waals surface area contributed by atoms with Crippen molar-refractivity contribution in [1.82, 2.24) is 15.8 Å². The minimum Gasteiger partial charge on any atom is -0.506 e. The number of ether oxygens (including phenoxy) is 1. The van der Waals surface area contributed by atoms with Gasteiger partial charge in [-0.3, -0.25) is 25.4 Å². The number of pyridine rings is 1. The van der Waals surface area contributed by atoms with E-state index < -0.39 is 34.6 Å². The van der Waals surface area contributed by atoms with Gasteiger partial charge in [-0.25, -0.2) is 4.79 Å². The molecule has 5 N–H and O–H groups in total. The van der Waals surface area contributed by atoms with E-state index in [4.69, 9.17) is 27.9 Å². The molecule has 0 saturated carbocycles. The van der Waals surface area contributed by atoms with E-state index in [1.807, 2.05) is 0 Å². The van der Waals surface area contributed by atoms with Gasteiger partial charge in [-0.05, 0) is 66.2 Å². The van der Waals surface area contributed by atoms with Gasteiger partial charge in [-0.2, -0.15) is 13.2 Å². The molecule has 43 heavy (non-hydrogen) atoms. The van der Waals surface area contributed by atoms with E-state index in [2.05, 4.69) is 26.5 Å². The summed E-state index contributed by atoms with van der Waals surface area (Å²) in [6.07, 6.45) is -3.46. The molecule has 0 bridgehead atoms. The van der Waals surface area contributed by atoms with Gasteiger partial charge in [0.05, 0.1) is 22.0 Å². The molecular formula is C28H20Cl2F3N5O5. The van der Waals surface area contributed by atoms with Crippen LogP contribution >= 0.6 is 23.2 Å². The fourth-order valence-corrected chi connectivity index (χ4v) is 3.96. The molecule has 4 amide bonds. The second-order valence-electron chi connectivity index (χ2n) is 8.74. The van der Waals surface area contributed by atoms with Gasteiger partial charge in [-0.1, -0.05) is 29.3 Å². The van der Waals surface area contributed by atoms with Crippen LogP contribution in [0.15, 0.2) is 79.0 Å². The number of phenols is 1. The second-order valence-corrected chi connectivity index (χ2v) is 9.55. The zero-order valence-corrected chi connectivity index (χ0v) is 23.1. The summed E-state index contributed by atoms with van der Waals surface area (Å²) in [6, 6.07) is 15.3. The van der Waals surface area contributed by atoms with Gasteiger partial charge in [0.25, 0.3) is 5.91 Å². The van der Waals surface area contributed by atoms with Gasteiger partial charge < -0.3 is 20.5 Å². The van der Waals surface area contributed by atoms with Crippen molar-refractivity contribution in [3.8, 4) is 17.2 Å². The quantitative estimate of drug-likeness (QED) is 0.146. The van der Waals surface area contributed by atoms with Crippen molar-refractivity contribution in [3.63, 3.8) is 0 Å². The lowest BCUT2D eigenvalue weighted by Gasteiger charge is -2.13. The Kier molecular flexibility index (Phi) is 9.58. The molecule has 10 nitrogen and oxygen atoms in total. The first-order chi connectivity index (χ1) is 20.4. The summed E-state index contributed by atoms with van der Waals surface area (Å²) in [4.78, 5) is 40.8. The van der Waals surface area contributed by atoms with Gasteiger partial charge in [0, 0.05) is 23.6 Å². The number of aromatic nitrogens is 1. The van der Waals surface area contributed by atoms with Crippen molar-refractivity contribution in [1.29, 1.82) is 0 Å². The molecule has 0 fully saturated rings. The average molecular weight is 634 g/mol. The monoisotopic (exact) mass is 633 g/mol. The van der Waals surface area contributed by atoms with E-state index in [1.54, 1.807) is 0 Å². The Bertz CT molecular complexity index is 1670. The summed E-state index contributed by atoms with van der Waals surface area (Å²) >= 11 is 11.4. The number of amides is 4. The Balaban J connectivity index is 1.29. The van der Waals surface area contributed by atoms with Crippen LogP contribution in [0.2, 0.25) is 10.0 Å². The van der Waals surface area contributed by atoms with Crippen LogP contribution in [0, 0.1) is 0 Å². The van der Waals surface area contributed by atoms with Crippen LogP contribution in [-0.2, 0) is 17.4 Å². The summed E-state index contributed by atoms with van der Waals surface area (Å²) in [5, 5.41) is 13.9. The number of phenolic OH excluding ortho intramolecular Hbond substituents is 1. The summed E-state index contributed by atoms with van der Waals surface area (Å²) in [5.74, 6) is -0.796. The number of halogens is 5. The highest BCUT2D eigenvalue weighted by molar-refractivity contribution is 6.32. The van der Waals surface area contributed by atoms with Gasteiger partial charge in [-0.15, -0.1) is 0 Å². The van der Waals surface area contributed by atoms with E-state index in [0.717, 1.165) is 12.1 Å². The number of carbonyl (C=O) groups is 3. The van der Waals surface area contributed by atoms with Gasteiger partial charge >= 0.3 is 12.2 Å². The van der Waals surface area contributed by atoms with E-state index in [9.17, 15) is 32.7 Å². The van der Waals surface area contributed by atoms with Crippen molar-refractivity contribution in [2.75, 3.05) is 10.6 Å². The maximum absolute atomic E-state index is 13.0. The van der Waals surface area contributed by atoms with Crippen LogP contribution in [0.3, 0.4) is 0 Å². The maximum Gasteiger partial charge on any atom is 0.417 e. The normalized spacial score (nSPS) is 10.9. The molecule has 1 heterocycles. The molecule has 1 aromatic heterocycles. The third-order valence-corrected chi connectivity index (χ3v) is 6.17. The van der Waals surface area contributed by atoms with Crippen molar-refractivity contribution in [3.05, 3.63) is 106 Å². The zero-order chi connectivity index (χ0) is 31.1. The standard InChI is InChI=1S/C28H20Cl2F3N5O5/c29-21-7-4-17(13-20(21)28(31,32)33)36-27(42)35-16-2-5-18(6-3-16)43-19-9-10-34-23(14-19)26(41)38-37-25(40)12-15-1-8-24(39)22(30)11-15/h1-11,13-14,39H,12H2,(H,37,40)(H,38,41)(H2,35,36,42). The van der Waals surface area contributed by atoms with Gasteiger partial charge in [0.2, 0.25) is 5.91 Å². The lowest BCUT2D eigenvalue weighted by Crippen LogP contribution is -2.42. The van der Waals surface area contributed by atoms with Crippen molar-refractivity contribution in [2.45, 2.75) is 12.6 Å². The van der Waals surface area contributed by atoms with E-state index in [1.165, 1.54) is 66.9 Å². The molecule has 4 aromatic rings. The molecule has 222 valence electrons. The maximum atomic E-state index is 13.0. The van der Waals surface area contributed by atoms with Crippen LogP contribution in [0.1, 0.15) is 21.6 Å². The topological polar surface area (TPSA) is 142 Å². The summed E-state index contributed by atoms with van der Waals surface area (Å²) in [5.41, 5.74) is 4.10. The number of nitrogens with one attached hydrogen (secondary N) is 4. The highest BCUT2D eigenvalue weighted by Crippen LogP contribution is 2.36. The third kappa shape index (κ3) is 8.74. The number of benzene rings is 3. The first-order valence-corrected chi connectivity index (χ1v) is 12.9. The molecule has 0 aliphatic heterocycles. The Morgan fingerprint density at radius 1 is 0.814 bits per heavy atom. The smallest absolute Gasteiger partial charge is 0.417 e. The predicted octanol–water partition coefficient (Wildman–Crippen LogP) is 6.55. The van der Waals surface area contributed by atoms with E-state index >= 15 is 0 Å². The number of nitrogens with zero attached hydrogens (tertiary/aromatic N) is 1. The molecule has 0 saturated heterocycles. The minimum atomic E-state index is -4.68. The van der Waals surface area contributed by atoms with Crippen molar-refractivity contribution < 1.29 is 37.4 Å². The van der Waals surface area contributed by atoms with E-state index in [-0.39, 0.29) is 34.3 Å². The molecule has 0 atom stereocenters. The highest BCUT2D eigenvalue weighted by Gasteiger charge is 2.33. The minimum absolute atomic E-state index is 0.0590. The number of aromatic hydroxyl groups is 1. The Hall–Kier alpha value is -5.01. The largest absolute Gasteiger partial charge is 0.506 e. The Morgan fingerprint density at radius 3 is 2.21 bits per heavy atom. The van der Waals surface area contributed by atoms with Crippen LogP contribution < -0.4 is 26.2 Å². The number of hydrogen-bond donors (Lipinski definition) is 5. The number of carbonyl (C=O) groups excluding carboxylic acids is 3.